The largest absolute Gasteiger partial charge is 0.488 e. The van der Waals surface area contributed by atoms with Gasteiger partial charge in [-0.15, -0.1) is 11.3 Å². The molecule has 1 fully saturated rings. The van der Waals surface area contributed by atoms with Crippen molar-refractivity contribution in [2.24, 2.45) is 11.3 Å². The average Bonchev–Trinajstić information content (AvgIpc) is 2.91. The van der Waals surface area contributed by atoms with Crippen molar-refractivity contribution in [3.63, 3.8) is 0 Å². The minimum atomic E-state index is -0.826. The lowest BCUT2D eigenvalue weighted by atomic mass is 9.76. The molecule has 5 nitrogen and oxygen atoms in total. The molecule has 138 valence electrons. The van der Waals surface area contributed by atoms with Crippen LogP contribution in [0.4, 0.5) is 0 Å². The lowest BCUT2D eigenvalue weighted by Crippen LogP contribution is -2.57. The number of rotatable bonds is 4. The Morgan fingerprint density at radius 2 is 2.00 bits per heavy atom. The van der Waals surface area contributed by atoms with Gasteiger partial charge in [-0.25, -0.2) is 9.80 Å². The summed E-state index contributed by atoms with van der Waals surface area (Å²) in [5, 5.41) is 11.6. The van der Waals surface area contributed by atoms with Crippen LogP contribution >= 0.6 is 11.3 Å². The van der Waals surface area contributed by atoms with Crippen molar-refractivity contribution in [1.29, 1.82) is 0 Å². The standard InChI is InChI=1S/C20H24N2O3S/c1-20(2)8-7-16-15(9-20)17(19(23)24)18(26-16)12-3-5-13(6-4-12)25-14-10-22(21)11-14/h3-6,14H,7-11,21H2,1-2H3,(H,23,24). The van der Waals surface area contributed by atoms with Gasteiger partial charge >= 0.3 is 5.97 Å². The monoisotopic (exact) mass is 372 g/mol. The van der Waals surface area contributed by atoms with Crippen molar-refractivity contribution < 1.29 is 14.6 Å². The molecule has 2 heterocycles. The molecule has 3 N–H and O–H groups in total. The fraction of sp³-hybridized carbons (Fsp3) is 0.450. The fourth-order valence-corrected chi connectivity index (χ4v) is 5.09. The molecular formula is C20H24N2O3S. The topological polar surface area (TPSA) is 75.8 Å². The second kappa shape index (κ2) is 6.37. The third-order valence-corrected chi connectivity index (χ3v) is 6.63. The van der Waals surface area contributed by atoms with Crippen LogP contribution in [0.15, 0.2) is 24.3 Å². The maximum Gasteiger partial charge on any atom is 0.337 e. The van der Waals surface area contributed by atoms with Crippen LogP contribution in [0.5, 0.6) is 5.75 Å². The number of nitrogens with two attached hydrogens (primary N) is 1. The second-order valence-electron chi connectivity index (χ2n) is 8.07. The summed E-state index contributed by atoms with van der Waals surface area (Å²) in [5.41, 5.74) is 2.63. The number of aryl methyl sites for hydroxylation is 1. The summed E-state index contributed by atoms with van der Waals surface area (Å²) < 4.78 is 5.86. The van der Waals surface area contributed by atoms with Crippen molar-refractivity contribution in [1.82, 2.24) is 5.01 Å². The number of carbonyl (C=O) groups is 1. The van der Waals surface area contributed by atoms with Gasteiger partial charge in [-0.1, -0.05) is 13.8 Å². The van der Waals surface area contributed by atoms with Crippen LogP contribution in [0, 0.1) is 5.41 Å². The van der Waals surface area contributed by atoms with E-state index in [0.717, 1.165) is 54.1 Å². The molecule has 26 heavy (non-hydrogen) atoms. The highest BCUT2D eigenvalue weighted by Crippen LogP contribution is 2.45. The number of hydrazine groups is 1. The van der Waals surface area contributed by atoms with Crippen LogP contribution in [0.25, 0.3) is 10.4 Å². The normalized spacial score (nSPS) is 19.7. The summed E-state index contributed by atoms with van der Waals surface area (Å²) in [5.74, 6) is 5.61. The second-order valence-corrected chi connectivity index (χ2v) is 9.18. The Hall–Kier alpha value is -1.89. The van der Waals surface area contributed by atoms with Crippen molar-refractivity contribution in [2.75, 3.05) is 13.1 Å². The third kappa shape index (κ3) is 3.24. The first-order valence-electron chi connectivity index (χ1n) is 8.97. The number of aromatic carboxylic acids is 1. The molecule has 0 spiro atoms. The van der Waals surface area contributed by atoms with Crippen LogP contribution in [0.2, 0.25) is 0 Å². The van der Waals surface area contributed by atoms with Crippen molar-refractivity contribution in [3.05, 3.63) is 40.3 Å². The Bertz CT molecular complexity index is 835. The number of hydrogen-bond acceptors (Lipinski definition) is 5. The number of hydrogen-bond donors (Lipinski definition) is 2. The first-order valence-corrected chi connectivity index (χ1v) is 9.79. The molecule has 6 heteroatoms. The van der Waals surface area contributed by atoms with E-state index in [1.165, 1.54) is 4.88 Å². The van der Waals surface area contributed by atoms with Gasteiger partial charge in [0.1, 0.15) is 11.9 Å². The first-order chi connectivity index (χ1) is 12.3. The predicted molar refractivity (Wildman–Crippen MR) is 103 cm³/mol. The summed E-state index contributed by atoms with van der Waals surface area (Å²) in [6, 6.07) is 7.76. The summed E-state index contributed by atoms with van der Waals surface area (Å²) in [4.78, 5) is 14.1. The van der Waals surface area contributed by atoms with E-state index >= 15 is 0 Å². The number of nitrogens with zero attached hydrogens (tertiary/aromatic N) is 1. The molecule has 0 atom stereocenters. The Kier molecular flexibility index (Phi) is 4.29. The first kappa shape index (κ1) is 17.5. The zero-order chi connectivity index (χ0) is 18.5. The highest BCUT2D eigenvalue weighted by Gasteiger charge is 2.33. The van der Waals surface area contributed by atoms with Crippen molar-refractivity contribution in [3.8, 4) is 16.2 Å². The summed E-state index contributed by atoms with van der Waals surface area (Å²) in [7, 11) is 0. The van der Waals surface area contributed by atoms with E-state index in [-0.39, 0.29) is 11.5 Å². The van der Waals surface area contributed by atoms with Gasteiger partial charge in [-0.05, 0) is 60.1 Å². The predicted octanol–water partition coefficient (Wildman–Crippen LogP) is 3.56. The number of fused-ring (bicyclic) bond motifs is 1. The third-order valence-electron chi connectivity index (χ3n) is 5.28. The lowest BCUT2D eigenvalue weighted by molar-refractivity contribution is 0.0198. The zero-order valence-corrected chi connectivity index (χ0v) is 15.9. The number of carboxylic acid groups (broad SMARTS) is 1. The summed E-state index contributed by atoms with van der Waals surface area (Å²) >= 11 is 1.64. The van der Waals surface area contributed by atoms with Crippen LogP contribution < -0.4 is 10.6 Å². The maximum atomic E-state index is 12.0. The van der Waals surface area contributed by atoms with E-state index in [0.29, 0.717) is 5.56 Å². The van der Waals surface area contributed by atoms with Gasteiger partial charge in [-0.2, -0.15) is 0 Å². The van der Waals surface area contributed by atoms with Crippen LogP contribution in [0.3, 0.4) is 0 Å². The Balaban J connectivity index is 1.63. The molecule has 0 saturated carbocycles. The van der Waals surface area contributed by atoms with E-state index in [4.69, 9.17) is 10.6 Å². The highest BCUT2D eigenvalue weighted by molar-refractivity contribution is 7.16. The van der Waals surface area contributed by atoms with E-state index in [9.17, 15) is 9.90 Å². The molecule has 4 rings (SSSR count). The zero-order valence-electron chi connectivity index (χ0n) is 15.1. The van der Waals surface area contributed by atoms with Gasteiger partial charge in [-0.3, -0.25) is 5.84 Å². The molecule has 1 aromatic carbocycles. The molecule has 0 bridgehead atoms. The summed E-state index contributed by atoms with van der Waals surface area (Å²) in [6.07, 6.45) is 3.03. The Labute approximate surface area is 157 Å². The lowest BCUT2D eigenvalue weighted by Gasteiger charge is -2.35. The molecule has 0 unspecified atom stereocenters. The Morgan fingerprint density at radius 1 is 1.31 bits per heavy atom. The van der Waals surface area contributed by atoms with E-state index in [1.807, 2.05) is 24.3 Å². The van der Waals surface area contributed by atoms with Crippen LogP contribution in [0.1, 0.15) is 41.1 Å². The van der Waals surface area contributed by atoms with E-state index in [2.05, 4.69) is 13.8 Å². The van der Waals surface area contributed by atoms with Gasteiger partial charge in [0.15, 0.2) is 0 Å². The molecule has 0 amide bonds. The highest BCUT2D eigenvalue weighted by atomic mass is 32.1. The average molecular weight is 372 g/mol. The fourth-order valence-electron chi connectivity index (χ4n) is 3.77. The van der Waals surface area contributed by atoms with Crippen LogP contribution in [-0.2, 0) is 12.8 Å². The van der Waals surface area contributed by atoms with E-state index < -0.39 is 5.97 Å². The quantitative estimate of drug-likeness (QED) is 0.803. The molecule has 1 aromatic heterocycles. The Morgan fingerprint density at radius 3 is 2.62 bits per heavy atom. The molecule has 1 aliphatic heterocycles. The molecule has 1 aliphatic carbocycles. The molecular weight excluding hydrogens is 348 g/mol. The van der Waals surface area contributed by atoms with Gasteiger partial charge in [0.05, 0.1) is 18.7 Å². The van der Waals surface area contributed by atoms with Gasteiger partial charge < -0.3 is 9.84 Å². The SMILES string of the molecule is CC1(C)CCc2sc(-c3ccc(OC4CN(N)C4)cc3)c(C(=O)O)c2C1. The number of ether oxygens (including phenoxy) is 1. The maximum absolute atomic E-state index is 12.0. The van der Waals surface area contributed by atoms with Crippen molar-refractivity contribution in [2.45, 2.75) is 39.2 Å². The van der Waals surface area contributed by atoms with Crippen molar-refractivity contribution >= 4 is 17.3 Å². The van der Waals surface area contributed by atoms with Gasteiger partial charge in [0.25, 0.3) is 0 Å². The minimum absolute atomic E-state index is 0.136. The van der Waals surface area contributed by atoms with Gasteiger partial charge in [0, 0.05) is 9.75 Å². The molecule has 2 aromatic rings. The number of benzene rings is 1. The van der Waals surface area contributed by atoms with Crippen LogP contribution in [-0.4, -0.2) is 35.3 Å². The summed E-state index contributed by atoms with van der Waals surface area (Å²) in [6.45, 7) is 5.90. The minimum Gasteiger partial charge on any atom is -0.488 e. The number of carboxylic acids is 1. The number of thiophene rings is 1. The molecule has 1 saturated heterocycles. The molecule has 2 aliphatic rings. The smallest absolute Gasteiger partial charge is 0.337 e. The van der Waals surface area contributed by atoms with Gasteiger partial charge in [0.2, 0.25) is 0 Å². The van der Waals surface area contributed by atoms with E-state index in [1.54, 1.807) is 16.3 Å². The molecule has 0 radical (unpaired) electrons.